The van der Waals surface area contributed by atoms with Crippen molar-refractivity contribution in [2.24, 2.45) is 0 Å². The highest BCUT2D eigenvalue weighted by atomic mass is 15.1. The average Bonchev–Trinajstić information content (AvgIpc) is 3.27. The lowest BCUT2D eigenvalue weighted by atomic mass is 10.1. The van der Waals surface area contributed by atoms with Gasteiger partial charge in [0.2, 0.25) is 0 Å². The van der Waals surface area contributed by atoms with Crippen molar-refractivity contribution in [2.75, 3.05) is 13.1 Å². The van der Waals surface area contributed by atoms with Crippen molar-refractivity contribution in [1.29, 1.82) is 10.5 Å². The van der Waals surface area contributed by atoms with Crippen LogP contribution in [0.5, 0.6) is 0 Å². The highest BCUT2D eigenvalue weighted by Crippen LogP contribution is 2.27. The lowest BCUT2D eigenvalue weighted by molar-refractivity contribution is 0.477. The van der Waals surface area contributed by atoms with Gasteiger partial charge in [-0.25, -0.2) is 9.97 Å². The van der Waals surface area contributed by atoms with Gasteiger partial charge in [-0.15, -0.1) is 0 Å². The summed E-state index contributed by atoms with van der Waals surface area (Å²) in [6.45, 7) is 1.49. The molecule has 0 saturated carbocycles. The van der Waals surface area contributed by atoms with Crippen LogP contribution in [-0.2, 0) is 0 Å². The first-order chi connectivity index (χ1) is 11.8. The molecule has 0 aliphatic carbocycles. The first-order valence-electron chi connectivity index (χ1n) is 7.77. The maximum atomic E-state index is 8.98. The predicted octanol–water partition coefficient (Wildman–Crippen LogP) is 2.77. The van der Waals surface area contributed by atoms with E-state index < -0.39 is 0 Å². The van der Waals surface area contributed by atoms with Crippen LogP contribution in [0.3, 0.4) is 0 Å². The van der Waals surface area contributed by atoms with E-state index in [1.165, 1.54) is 0 Å². The Morgan fingerprint density at radius 2 is 2.00 bits per heavy atom. The molecule has 0 radical (unpaired) electrons. The summed E-state index contributed by atoms with van der Waals surface area (Å²) < 4.78 is 0. The van der Waals surface area contributed by atoms with E-state index in [1.54, 1.807) is 23.2 Å². The van der Waals surface area contributed by atoms with Gasteiger partial charge in [0.25, 0.3) is 0 Å². The molecular formula is C18H14N6. The molecular weight excluding hydrogens is 300 g/mol. The number of rotatable bonds is 2. The second-order valence-electron chi connectivity index (χ2n) is 5.94. The number of aromatic nitrogens is 3. The Bertz CT molecular complexity index is 973. The predicted molar refractivity (Wildman–Crippen MR) is 88.6 cm³/mol. The lowest BCUT2D eigenvalue weighted by Gasteiger charge is -2.05. The molecule has 116 valence electrons. The molecule has 0 spiro atoms. The van der Waals surface area contributed by atoms with E-state index in [0.717, 1.165) is 35.4 Å². The van der Waals surface area contributed by atoms with Crippen molar-refractivity contribution in [3.05, 3.63) is 47.9 Å². The van der Waals surface area contributed by atoms with Crippen LogP contribution in [0, 0.1) is 22.8 Å². The van der Waals surface area contributed by atoms with Crippen LogP contribution in [0.25, 0.3) is 22.3 Å². The van der Waals surface area contributed by atoms with Gasteiger partial charge in [0, 0.05) is 30.8 Å². The average molecular weight is 314 g/mol. The molecule has 3 heterocycles. The third kappa shape index (κ3) is 2.45. The highest BCUT2D eigenvalue weighted by molar-refractivity contribution is 5.78. The molecule has 1 N–H and O–H groups in total. The molecule has 1 saturated heterocycles. The molecule has 1 aromatic carbocycles. The summed E-state index contributed by atoms with van der Waals surface area (Å²) in [6.07, 6.45) is 4.91. The maximum absolute atomic E-state index is 8.98. The van der Waals surface area contributed by atoms with Gasteiger partial charge in [-0.2, -0.15) is 10.5 Å². The molecule has 1 atom stereocenters. The molecule has 1 aliphatic rings. The van der Waals surface area contributed by atoms with Crippen molar-refractivity contribution in [1.82, 2.24) is 19.9 Å². The number of likely N-dealkylation sites (tertiary alicyclic amines) is 1. The number of fused-ring (bicyclic) bond motifs is 1. The smallest absolute Gasteiger partial charge is 0.179 e. The van der Waals surface area contributed by atoms with Crippen molar-refractivity contribution < 1.29 is 0 Å². The number of pyridine rings is 1. The monoisotopic (exact) mass is 314 g/mol. The van der Waals surface area contributed by atoms with E-state index in [9.17, 15) is 0 Å². The van der Waals surface area contributed by atoms with Gasteiger partial charge in [0.05, 0.1) is 17.1 Å². The van der Waals surface area contributed by atoms with E-state index in [2.05, 4.69) is 27.2 Å². The van der Waals surface area contributed by atoms with Crippen LogP contribution < -0.4 is 0 Å². The minimum atomic E-state index is 0.247. The Morgan fingerprint density at radius 3 is 2.71 bits per heavy atom. The summed E-state index contributed by atoms with van der Waals surface area (Å²) in [4.78, 5) is 14.1. The number of imidazole rings is 1. The number of aromatic amines is 1. The second kappa shape index (κ2) is 5.68. The fourth-order valence-corrected chi connectivity index (χ4v) is 3.08. The molecule has 4 rings (SSSR count). The summed E-state index contributed by atoms with van der Waals surface area (Å²) >= 11 is 0. The van der Waals surface area contributed by atoms with Crippen molar-refractivity contribution in [3.8, 4) is 23.4 Å². The van der Waals surface area contributed by atoms with Gasteiger partial charge in [0.15, 0.2) is 11.8 Å². The topological polar surface area (TPSA) is 92.4 Å². The molecule has 0 unspecified atom stereocenters. The SMILES string of the molecule is N#Cc1ccc(-c2cnc3nc([C@@H]4CCN(C#N)C4)[nH]c3c2)cc1. The van der Waals surface area contributed by atoms with E-state index in [0.29, 0.717) is 17.8 Å². The summed E-state index contributed by atoms with van der Waals surface area (Å²) in [5, 5.41) is 17.9. The fraction of sp³-hybridized carbons (Fsp3) is 0.222. The molecule has 0 amide bonds. The zero-order valence-electron chi connectivity index (χ0n) is 12.9. The minimum Gasteiger partial charge on any atom is -0.340 e. The van der Waals surface area contributed by atoms with Crippen LogP contribution >= 0.6 is 0 Å². The molecule has 6 nitrogen and oxygen atoms in total. The van der Waals surface area contributed by atoms with E-state index >= 15 is 0 Å². The number of H-pyrrole nitrogens is 1. The zero-order valence-corrected chi connectivity index (χ0v) is 12.9. The van der Waals surface area contributed by atoms with Gasteiger partial charge in [0.1, 0.15) is 5.82 Å². The van der Waals surface area contributed by atoms with Crippen LogP contribution in [0.15, 0.2) is 36.5 Å². The molecule has 6 heteroatoms. The summed E-state index contributed by atoms with van der Waals surface area (Å²) in [6, 6.07) is 11.6. The van der Waals surface area contributed by atoms with Crippen LogP contribution in [0.4, 0.5) is 0 Å². The Morgan fingerprint density at radius 1 is 1.17 bits per heavy atom. The van der Waals surface area contributed by atoms with Gasteiger partial charge < -0.3 is 9.88 Å². The Labute approximate surface area is 139 Å². The van der Waals surface area contributed by atoms with E-state index in [1.807, 2.05) is 18.2 Å². The van der Waals surface area contributed by atoms with Crippen molar-refractivity contribution >= 4 is 11.2 Å². The minimum absolute atomic E-state index is 0.247. The van der Waals surface area contributed by atoms with Gasteiger partial charge in [-0.3, -0.25) is 0 Å². The van der Waals surface area contributed by atoms with E-state index in [4.69, 9.17) is 10.5 Å². The van der Waals surface area contributed by atoms with Crippen LogP contribution in [0.1, 0.15) is 23.7 Å². The number of nitrogens with zero attached hydrogens (tertiary/aromatic N) is 5. The summed E-state index contributed by atoms with van der Waals surface area (Å²) in [5.74, 6) is 1.14. The summed E-state index contributed by atoms with van der Waals surface area (Å²) in [5.41, 5.74) is 4.21. The van der Waals surface area contributed by atoms with Crippen molar-refractivity contribution in [3.63, 3.8) is 0 Å². The summed E-state index contributed by atoms with van der Waals surface area (Å²) in [7, 11) is 0. The molecule has 1 fully saturated rings. The molecule has 3 aromatic rings. The number of hydrogen-bond donors (Lipinski definition) is 1. The molecule has 2 aromatic heterocycles. The van der Waals surface area contributed by atoms with Crippen LogP contribution in [0.2, 0.25) is 0 Å². The number of nitriles is 2. The standard InChI is InChI=1S/C18H14N6/c19-8-12-1-3-13(4-2-12)15-7-16-18(21-9-15)23-17(22-16)14-5-6-24(10-14)11-20/h1-4,7,9,14H,5-6,10H2,(H,21,22,23)/t14-/m1/s1. The molecule has 1 aliphatic heterocycles. The first-order valence-corrected chi connectivity index (χ1v) is 7.77. The van der Waals surface area contributed by atoms with Gasteiger partial charge >= 0.3 is 0 Å². The third-order valence-electron chi connectivity index (χ3n) is 4.42. The van der Waals surface area contributed by atoms with E-state index in [-0.39, 0.29) is 5.92 Å². The maximum Gasteiger partial charge on any atom is 0.179 e. The normalized spacial score (nSPS) is 16.9. The zero-order chi connectivity index (χ0) is 16.5. The quantitative estimate of drug-likeness (QED) is 0.734. The molecule has 0 bridgehead atoms. The van der Waals surface area contributed by atoms with Gasteiger partial charge in [-0.1, -0.05) is 12.1 Å². The lowest BCUT2D eigenvalue weighted by Crippen LogP contribution is -2.13. The Balaban J connectivity index is 1.66. The fourth-order valence-electron chi connectivity index (χ4n) is 3.08. The van der Waals surface area contributed by atoms with Crippen LogP contribution in [-0.4, -0.2) is 32.9 Å². The first kappa shape index (κ1) is 14.2. The van der Waals surface area contributed by atoms with Gasteiger partial charge in [-0.05, 0) is 30.2 Å². The largest absolute Gasteiger partial charge is 0.340 e. The molecule has 24 heavy (non-hydrogen) atoms. The number of hydrogen-bond acceptors (Lipinski definition) is 5. The Kier molecular flexibility index (Phi) is 3.36. The third-order valence-corrected chi connectivity index (χ3v) is 4.42. The van der Waals surface area contributed by atoms with Crippen molar-refractivity contribution in [2.45, 2.75) is 12.3 Å². The number of benzene rings is 1. The second-order valence-corrected chi connectivity index (χ2v) is 5.94. The number of nitrogens with one attached hydrogen (secondary N) is 1. The Hall–Kier alpha value is -3.38. The highest BCUT2D eigenvalue weighted by Gasteiger charge is 2.25.